The van der Waals surface area contributed by atoms with Gasteiger partial charge in [0.1, 0.15) is 0 Å². The van der Waals surface area contributed by atoms with E-state index in [0.29, 0.717) is 28.9 Å². The first-order valence-electron chi connectivity index (χ1n) is 12.0. The second-order valence-corrected chi connectivity index (χ2v) is 10.1. The molecule has 0 bridgehead atoms. The summed E-state index contributed by atoms with van der Waals surface area (Å²) < 4.78 is 3.47. The third-order valence-corrected chi connectivity index (χ3v) is 7.43. The summed E-state index contributed by atoms with van der Waals surface area (Å²) in [4.78, 5) is 28.7. The first-order valence-corrected chi connectivity index (χ1v) is 13.0. The van der Waals surface area contributed by atoms with Gasteiger partial charge in [-0.05, 0) is 49.6 Å². The highest BCUT2D eigenvalue weighted by atomic mass is 32.2. The zero-order valence-electron chi connectivity index (χ0n) is 19.9. The Morgan fingerprint density at radius 1 is 0.972 bits per heavy atom. The minimum absolute atomic E-state index is 0.0827. The number of thioether (sulfide) groups is 1. The quantitative estimate of drug-likeness (QED) is 0.308. The Balaban J connectivity index is 1.36. The van der Waals surface area contributed by atoms with Crippen LogP contribution >= 0.6 is 11.8 Å². The molecule has 7 nitrogen and oxygen atoms in total. The monoisotopic (exact) mass is 495 g/mol. The number of benzene rings is 3. The zero-order chi connectivity index (χ0) is 24.6. The molecule has 0 aliphatic heterocycles. The number of hydrogen-bond donors (Lipinski definition) is 0. The SMILES string of the molecule is Cc1ccc(-n2c(=O)c3ccccc3n3c(SCC(=O)N(Cc4ccccc4)C4CC4)nnc23)cc1. The average molecular weight is 496 g/mol. The standard InChI is InChI=1S/C28H25N5O2S/c1-19-11-13-22(14-12-19)32-26(35)23-9-5-6-10-24(23)33-27(32)29-30-28(33)36-18-25(34)31(21-15-16-21)17-20-7-3-2-4-8-20/h2-14,21H,15-18H2,1H3. The number of hydrogen-bond acceptors (Lipinski definition) is 5. The van der Waals surface area contributed by atoms with E-state index in [1.807, 2.05) is 83.0 Å². The molecule has 0 radical (unpaired) electrons. The highest BCUT2D eigenvalue weighted by Gasteiger charge is 2.32. The number of rotatable bonds is 7. The number of carbonyl (C=O) groups is 1. The second kappa shape index (κ2) is 9.28. The minimum atomic E-state index is -0.148. The van der Waals surface area contributed by atoms with E-state index in [9.17, 15) is 9.59 Å². The highest BCUT2D eigenvalue weighted by molar-refractivity contribution is 7.99. The Bertz CT molecular complexity index is 1620. The maximum atomic E-state index is 13.5. The van der Waals surface area contributed by atoms with Gasteiger partial charge >= 0.3 is 0 Å². The third kappa shape index (κ3) is 4.18. The van der Waals surface area contributed by atoms with Crippen molar-refractivity contribution < 1.29 is 4.79 Å². The molecule has 1 fully saturated rings. The summed E-state index contributed by atoms with van der Waals surface area (Å²) in [6, 6.07) is 25.6. The summed E-state index contributed by atoms with van der Waals surface area (Å²) in [5.74, 6) is 0.766. The molecule has 0 atom stereocenters. The van der Waals surface area contributed by atoms with Gasteiger partial charge in [-0.15, -0.1) is 10.2 Å². The van der Waals surface area contributed by atoms with Crippen molar-refractivity contribution in [2.24, 2.45) is 0 Å². The molecule has 36 heavy (non-hydrogen) atoms. The summed E-state index contributed by atoms with van der Waals surface area (Å²) in [7, 11) is 0. The van der Waals surface area contributed by atoms with Gasteiger partial charge in [0.2, 0.25) is 11.7 Å². The summed E-state index contributed by atoms with van der Waals surface area (Å²) >= 11 is 1.36. The topological polar surface area (TPSA) is 72.5 Å². The number of amides is 1. The predicted molar refractivity (Wildman–Crippen MR) is 142 cm³/mol. The smallest absolute Gasteiger partial charge is 0.267 e. The lowest BCUT2D eigenvalue weighted by Crippen LogP contribution is -2.34. The Morgan fingerprint density at radius 3 is 2.44 bits per heavy atom. The van der Waals surface area contributed by atoms with Crippen molar-refractivity contribution in [2.75, 3.05) is 5.75 Å². The third-order valence-electron chi connectivity index (χ3n) is 6.52. The van der Waals surface area contributed by atoms with Gasteiger partial charge < -0.3 is 4.90 Å². The van der Waals surface area contributed by atoms with Gasteiger partial charge in [-0.3, -0.25) is 14.0 Å². The van der Waals surface area contributed by atoms with Gasteiger partial charge in [0.05, 0.1) is 22.3 Å². The average Bonchev–Trinajstić information content (AvgIpc) is 3.67. The van der Waals surface area contributed by atoms with Crippen molar-refractivity contribution >= 4 is 34.3 Å². The largest absolute Gasteiger partial charge is 0.335 e. The van der Waals surface area contributed by atoms with Gasteiger partial charge in [0, 0.05) is 12.6 Å². The van der Waals surface area contributed by atoms with Gasteiger partial charge in [0.25, 0.3) is 5.56 Å². The molecule has 5 aromatic rings. The van der Waals surface area contributed by atoms with E-state index in [-0.39, 0.29) is 17.2 Å². The first-order chi connectivity index (χ1) is 17.6. The molecule has 2 aromatic heterocycles. The van der Waals surface area contributed by atoms with Gasteiger partial charge in [-0.2, -0.15) is 0 Å². The van der Waals surface area contributed by atoms with Crippen molar-refractivity contribution in [2.45, 2.75) is 37.5 Å². The van der Waals surface area contributed by atoms with Crippen molar-refractivity contribution in [1.29, 1.82) is 0 Å². The van der Waals surface area contributed by atoms with E-state index in [2.05, 4.69) is 22.3 Å². The Morgan fingerprint density at radius 2 is 1.69 bits per heavy atom. The van der Waals surface area contributed by atoms with E-state index in [1.165, 1.54) is 11.8 Å². The van der Waals surface area contributed by atoms with E-state index in [0.717, 1.165) is 35.2 Å². The molecule has 2 heterocycles. The van der Waals surface area contributed by atoms with Crippen LogP contribution in [0.3, 0.4) is 0 Å². The highest BCUT2D eigenvalue weighted by Crippen LogP contribution is 2.30. The molecule has 8 heteroatoms. The van der Waals surface area contributed by atoms with E-state index < -0.39 is 0 Å². The van der Waals surface area contributed by atoms with Crippen LogP contribution in [-0.4, -0.2) is 41.8 Å². The van der Waals surface area contributed by atoms with Crippen LogP contribution in [0.25, 0.3) is 22.4 Å². The van der Waals surface area contributed by atoms with Crippen LogP contribution in [0, 0.1) is 6.92 Å². The summed E-state index contributed by atoms with van der Waals surface area (Å²) in [6.07, 6.45) is 2.09. The molecule has 1 aliphatic rings. The van der Waals surface area contributed by atoms with Crippen LogP contribution in [0.4, 0.5) is 0 Å². The molecule has 1 amide bonds. The Labute approximate surface area is 212 Å². The zero-order valence-corrected chi connectivity index (χ0v) is 20.7. The van der Waals surface area contributed by atoms with Crippen molar-refractivity contribution in [3.8, 4) is 5.69 Å². The molecule has 0 unspecified atom stereocenters. The van der Waals surface area contributed by atoms with E-state index in [1.54, 1.807) is 4.57 Å². The van der Waals surface area contributed by atoms with Gasteiger partial charge in [-0.1, -0.05) is 71.9 Å². The normalized spacial score (nSPS) is 13.4. The fourth-order valence-corrected chi connectivity index (χ4v) is 5.32. The fourth-order valence-electron chi connectivity index (χ4n) is 4.50. The van der Waals surface area contributed by atoms with Crippen LogP contribution in [-0.2, 0) is 11.3 Å². The lowest BCUT2D eigenvalue weighted by Gasteiger charge is -2.22. The maximum absolute atomic E-state index is 13.5. The number of nitrogens with zero attached hydrogens (tertiary/aromatic N) is 5. The number of aryl methyl sites for hydroxylation is 1. The molecular weight excluding hydrogens is 470 g/mol. The van der Waals surface area contributed by atoms with Crippen molar-refractivity contribution in [1.82, 2.24) is 24.1 Å². The minimum Gasteiger partial charge on any atom is -0.335 e. The number of para-hydroxylation sites is 1. The molecule has 6 rings (SSSR count). The molecule has 1 saturated carbocycles. The fraction of sp³-hybridized carbons (Fsp3) is 0.214. The molecule has 0 N–H and O–H groups in total. The molecule has 0 saturated heterocycles. The summed E-state index contributed by atoms with van der Waals surface area (Å²) in [6.45, 7) is 2.62. The lowest BCUT2D eigenvalue weighted by molar-refractivity contribution is -0.129. The van der Waals surface area contributed by atoms with Crippen LogP contribution in [0.5, 0.6) is 0 Å². The number of aromatic nitrogens is 4. The molecule has 1 aliphatic carbocycles. The van der Waals surface area contributed by atoms with E-state index in [4.69, 9.17) is 0 Å². The van der Waals surface area contributed by atoms with Crippen molar-refractivity contribution in [3.05, 3.63) is 100 Å². The van der Waals surface area contributed by atoms with E-state index >= 15 is 0 Å². The van der Waals surface area contributed by atoms with Gasteiger partial charge in [-0.25, -0.2) is 4.57 Å². The van der Waals surface area contributed by atoms with Crippen LogP contribution in [0.2, 0.25) is 0 Å². The Hall–Kier alpha value is -3.91. The van der Waals surface area contributed by atoms with Crippen LogP contribution < -0.4 is 5.56 Å². The molecule has 180 valence electrons. The van der Waals surface area contributed by atoms with Gasteiger partial charge in [0.15, 0.2) is 5.16 Å². The molecule has 3 aromatic carbocycles. The summed E-state index contributed by atoms with van der Waals surface area (Å²) in [5.41, 5.74) is 3.54. The molecular formula is C28H25N5O2S. The number of carbonyl (C=O) groups excluding carboxylic acids is 1. The van der Waals surface area contributed by atoms with Crippen molar-refractivity contribution in [3.63, 3.8) is 0 Å². The predicted octanol–water partition coefficient (Wildman–Crippen LogP) is 4.63. The molecule has 0 spiro atoms. The summed E-state index contributed by atoms with van der Waals surface area (Å²) in [5, 5.41) is 9.97. The van der Waals surface area contributed by atoms with Crippen LogP contribution in [0.1, 0.15) is 24.0 Å². The first kappa shape index (κ1) is 22.5. The Kier molecular flexibility index (Phi) is 5.81. The van der Waals surface area contributed by atoms with Crippen LogP contribution in [0.15, 0.2) is 88.8 Å². The number of fused-ring (bicyclic) bond motifs is 3. The second-order valence-electron chi connectivity index (χ2n) is 9.14. The maximum Gasteiger partial charge on any atom is 0.267 e. The lowest BCUT2D eigenvalue weighted by atomic mass is 10.2.